The highest BCUT2D eigenvalue weighted by molar-refractivity contribution is 5.97. The third-order valence-corrected chi connectivity index (χ3v) is 4.69. The number of hydrogen-bond donors (Lipinski definition) is 1. The van der Waals surface area contributed by atoms with E-state index in [-0.39, 0.29) is 16.9 Å². The molecule has 3 rings (SSSR count). The van der Waals surface area contributed by atoms with Gasteiger partial charge in [0, 0.05) is 19.0 Å². The number of hydrogen-bond acceptors (Lipinski definition) is 4. The Morgan fingerprint density at radius 1 is 1.27 bits per heavy atom. The van der Waals surface area contributed by atoms with E-state index in [0.717, 1.165) is 0 Å². The first kappa shape index (κ1) is 18.0. The molecule has 7 heteroatoms. The number of ether oxygens (including phenoxy) is 1. The zero-order valence-electron chi connectivity index (χ0n) is 15.5. The molecule has 0 bridgehead atoms. The minimum atomic E-state index is -0.573. The average molecular weight is 357 g/mol. The van der Waals surface area contributed by atoms with Gasteiger partial charge in [-0.3, -0.25) is 18.7 Å². The Kier molecular flexibility index (Phi) is 4.26. The van der Waals surface area contributed by atoms with Gasteiger partial charge in [-0.25, -0.2) is 4.79 Å². The molecular formula is C19H23N3O4. The van der Waals surface area contributed by atoms with E-state index in [0.29, 0.717) is 47.8 Å². The Morgan fingerprint density at radius 2 is 1.96 bits per heavy atom. The van der Waals surface area contributed by atoms with Crippen LogP contribution in [0.4, 0.5) is 0 Å². The second kappa shape index (κ2) is 6.16. The molecule has 1 aliphatic carbocycles. The van der Waals surface area contributed by atoms with Crippen LogP contribution in [0.3, 0.4) is 0 Å². The minimum absolute atomic E-state index is 0.0404. The molecule has 2 N–H and O–H groups in total. The maximum atomic E-state index is 12.9. The molecule has 1 amide bonds. The second-order valence-electron chi connectivity index (χ2n) is 7.39. The predicted molar refractivity (Wildman–Crippen MR) is 97.1 cm³/mol. The lowest BCUT2D eigenvalue weighted by Crippen LogP contribution is -2.29. The first-order valence-corrected chi connectivity index (χ1v) is 8.57. The van der Waals surface area contributed by atoms with E-state index in [9.17, 15) is 14.4 Å². The van der Waals surface area contributed by atoms with Crippen LogP contribution < -0.4 is 16.2 Å². The average Bonchev–Trinajstić information content (AvgIpc) is 2.77. The minimum Gasteiger partial charge on any atom is -0.492 e. The molecule has 138 valence electrons. The predicted octanol–water partition coefficient (Wildman–Crippen LogP) is 1.83. The largest absolute Gasteiger partial charge is 0.492 e. The fraction of sp³-hybridized carbons (Fsp3) is 0.421. The number of rotatable bonds is 4. The Labute approximate surface area is 151 Å². The van der Waals surface area contributed by atoms with E-state index in [1.165, 1.54) is 15.2 Å². The van der Waals surface area contributed by atoms with Crippen LogP contribution in [0.2, 0.25) is 0 Å². The van der Waals surface area contributed by atoms with Gasteiger partial charge in [0.1, 0.15) is 11.4 Å². The molecule has 0 atom stereocenters. The summed E-state index contributed by atoms with van der Waals surface area (Å²) < 4.78 is 8.57. The van der Waals surface area contributed by atoms with Gasteiger partial charge in [-0.15, -0.1) is 0 Å². The molecule has 0 saturated carbocycles. The van der Waals surface area contributed by atoms with Crippen molar-refractivity contribution in [1.82, 2.24) is 9.13 Å². The number of amides is 1. The lowest BCUT2D eigenvalue weighted by molar-refractivity contribution is 0.0900. The third kappa shape index (κ3) is 2.83. The quantitative estimate of drug-likeness (QED) is 0.903. The van der Waals surface area contributed by atoms with Gasteiger partial charge < -0.3 is 10.5 Å². The molecule has 0 unspecified atom stereocenters. The lowest BCUT2D eigenvalue weighted by atomic mass is 9.77. The van der Waals surface area contributed by atoms with E-state index in [2.05, 4.69) is 0 Å². The Balaban J connectivity index is 2.29. The molecule has 0 saturated heterocycles. The van der Waals surface area contributed by atoms with Gasteiger partial charge in [0.25, 0.3) is 0 Å². The highest BCUT2D eigenvalue weighted by Gasteiger charge is 2.37. The van der Waals surface area contributed by atoms with Gasteiger partial charge in [0.2, 0.25) is 5.91 Å². The summed E-state index contributed by atoms with van der Waals surface area (Å²) in [4.78, 5) is 37.0. The molecule has 2 aromatic rings. The van der Waals surface area contributed by atoms with E-state index < -0.39 is 5.91 Å². The zero-order valence-corrected chi connectivity index (χ0v) is 15.5. The number of carbonyl (C=O) groups excluding carboxylic acids is 2. The summed E-state index contributed by atoms with van der Waals surface area (Å²) in [5.74, 6) is -0.229. The van der Waals surface area contributed by atoms with E-state index in [4.69, 9.17) is 10.5 Å². The Hall–Kier alpha value is -2.83. The summed E-state index contributed by atoms with van der Waals surface area (Å²) in [6.45, 7) is 6.20. The van der Waals surface area contributed by atoms with Crippen LogP contribution in [0.25, 0.3) is 5.69 Å². The first-order valence-electron chi connectivity index (χ1n) is 8.57. The number of carbonyl (C=O) groups is 2. The summed E-state index contributed by atoms with van der Waals surface area (Å²) in [5, 5.41) is 0. The Morgan fingerprint density at radius 3 is 2.58 bits per heavy atom. The maximum absolute atomic E-state index is 12.9. The van der Waals surface area contributed by atoms with Gasteiger partial charge in [-0.1, -0.05) is 13.8 Å². The molecule has 0 spiro atoms. The van der Waals surface area contributed by atoms with Crippen molar-refractivity contribution in [3.05, 3.63) is 45.6 Å². The molecule has 1 heterocycles. The van der Waals surface area contributed by atoms with Crippen molar-refractivity contribution in [3.8, 4) is 11.4 Å². The highest BCUT2D eigenvalue weighted by atomic mass is 16.5. The molecule has 1 aliphatic rings. The smallest absolute Gasteiger partial charge is 0.333 e. The van der Waals surface area contributed by atoms with E-state index in [1.54, 1.807) is 19.2 Å². The van der Waals surface area contributed by atoms with Crippen molar-refractivity contribution in [1.29, 1.82) is 0 Å². The molecule has 7 nitrogen and oxygen atoms in total. The normalized spacial score (nSPS) is 15.6. The van der Waals surface area contributed by atoms with Gasteiger partial charge in [0.15, 0.2) is 5.78 Å². The molecule has 26 heavy (non-hydrogen) atoms. The SMILES string of the molecule is CCOc1cc(C(N)=O)ccc1-n1c2c(n(C)c1=O)C(=O)CC(C)(C)C2. The number of benzene rings is 1. The molecule has 0 aliphatic heterocycles. The molecule has 1 aromatic carbocycles. The van der Waals surface area contributed by atoms with Gasteiger partial charge >= 0.3 is 5.69 Å². The molecule has 0 fully saturated rings. The highest BCUT2D eigenvalue weighted by Crippen LogP contribution is 2.36. The fourth-order valence-electron chi connectivity index (χ4n) is 3.58. The number of Topliss-reactive ketones (excluding diaryl/α,β-unsaturated/α-hetero) is 1. The van der Waals surface area contributed by atoms with Crippen LogP contribution in [-0.4, -0.2) is 27.4 Å². The van der Waals surface area contributed by atoms with Crippen molar-refractivity contribution in [2.24, 2.45) is 18.2 Å². The van der Waals surface area contributed by atoms with Crippen molar-refractivity contribution >= 4 is 11.7 Å². The van der Waals surface area contributed by atoms with Crippen molar-refractivity contribution in [2.45, 2.75) is 33.6 Å². The van der Waals surface area contributed by atoms with Crippen LogP contribution >= 0.6 is 0 Å². The lowest BCUT2D eigenvalue weighted by Gasteiger charge is -2.29. The summed E-state index contributed by atoms with van der Waals surface area (Å²) in [7, 11) is 1.60. The van der Waals surface area contributed by atoms with Gasteiger partial charge in [-0.2, -0.15) is 0 Å². The molecular weight excluding hydrogens is 334 g/mol. The van der Waals surface area contributed by atoms with Gasteiger partial charge in [-0.05, 0) is 37.0 Å². The van der Waals surface area contributed by atoms with E-state index in [1.807, 2.05) is 20.8 Å². The maximum Gasteiger partial charge on any atom is 0.333 e. The first-order chi connectivity index (χ1) is 12.2. The number of aromatic nitrogens is 2. The van der Waals surface area contributed by atoms with Crippen LogP contribution in [0.5, 0.6) is 5.75 Å². The summed E-state index contributed by atoms with van der Waals surface area (Å²) in [6, 6.07) is 4.73. The zero-order chi connectivity index (χ0) is 19.2. The molecule has 1 aromatic heterocycles. The van der Waals surface area contributed by atoms with Crippen LogP contribution in [0.15, 0.2) is 23.0 Å². The third-order valence-electron chi connectivity index (χ3n) is 4.69. The number of nitrogens with two attached hydrogens (primary N) is 1. The number of fused-ring (bicyclic) bond motifs is 1. The molecule has 0 radical (unpaired) electrons. The van der Waals surface area contributed by atoms with Crippen molar-refractivity contribution in [3.63, 3.8) is 0 Å². The Bertz CT molecular complexity index is 966. The number of imidazole rings is 1. The van der Waals surface area contributed by atoms with Crippen molar-refractivity contribution in [2.75, 3.05) is 6.61 Å². The van der Waals surface area contributed by atoms with Gasteiger partial charge in [0.05, 0.1) is 18.0 Å². The monoisotopic (exact) mass is 357 g/mol. The van der Waals surface area contributed by atoms with Crippen LogP contribution in [0, 0.1) is 5.41 Å². The number of ketones is 1. The van der Waals surface area contributed by atoms with Crippen LogP contribution in [0.1, 0.15) is 53.7 Å². The summed E-state index contributed by atoms with van der Waals surface area (Å²) >= 11 is 0. The van der Waals surface area contributed by atoms with Crippen molar-refractivity contribution < 1.29 is 14.3 Å². The van der Waals surface area contributed by atoms with Crippen LogP contribution in [-0.2, 0) is 13.5 Å². The summed E-state index contributed by atoms with van der Waals surface area (Å²) in [5.41, 5.74) is 6.72. The fourth-order valence-corrected chi connectivity index (χ4v) is 3.58. The van der Waals surface area contributed by atoms with E-state index >= 15 is 0 Å². The summed E-state index contributed by atoms with van der Waals surface area (Å²) in [6.07, 6.45) is 0.990. The topological polar surface area (TPSA) is 96.3 Å². The second-order valence-corrected chi connectivity index (χ2v) is 7.39. The number of nitrogens with zero attached hydrogens (tertiary/aromatic N) is 2. The number of primary amides is 1. The standard InChI is InChI=1S/C19H23N3O4/c1-5-26-15-8-11(17(20)24)6-7-12(15)22-13-9-19(2,3)10-14(23)16(13)21(4)18(22)25/h6-8H,5,9-10H2,1-4H3,(H2,20,24).